The number of carbonyl (C=O) groups is 1. The molecular formula is C21H24ClN3O. The van der Waals surface area contributed by atoms with E-state index in [1.165, 1.54) is 5.56 Å². The second kappa shape index (κ2) is 7.94. The maximum atomic E-state index is 12.8. The molecule has 2 atom stereocenters. The number of amides is 1. The Morgan fingerprint density at radius 2 is 1.88 bits per heavy atom. The lowest BCUT2D eigenvalue weighted by molar-refractivity contribution is -0.131. The topological polar surface area (TPSA) is 62.1 Å². The summed E-state index contributed by atoms with van der Waals surface area (Å²) in [7, 11) is 0. The van der Waals surface area contributed by atoms with Crippen LogP contribution in [0.2, 0.25) is 0 Å². The molecule has 4 rings (SSSR count). The van der Waals surface area contributed by atoms with Crippen molar-refractivity contribution in [3.63, 3.8) is 0 Å². The zero-order valence-corrected chi connectivity index (χ0v) is 15.4. The molecule has 5 heteroatoms. The lowest BCUT2D eigenvalue weighted by Crippen LogP contribution is -2.43. The number of carbonyl (C=O) groups excluding carboxylic acids is 1. The molecule has 1 fully saturated rings. The number of halogens is 1. The predicted octanol–water partition coefficient (Wildman–Crippen LogP) is 3.48. The Morgan fingerprint density at radius 3 is 2.69 bits per heavy atom. The highest BCUT2D eigenvalue weighted by molar-refractivity contribution is 5.86. The van der Waals surface area contributed by atoms with Gasteiger partial charge < -0.3 is 15.6 Å². The third-order valence-electron chi connectivity index (χ3n) is 5.20. The molecule has 1 saturated heterocycles. The summed E-state index contributed by atoms with van der Waals surface area (Å²) >= 11 is 0. The molecule has 1 unspecified atom stereocenters. The Kier molecular flexibility index (Phi) is 5.64. The van der Waals surface area contributed by atoms with Gasteiger partial charge in [-0.3, -0.25) is 4.79 Å². The smallest absolute Gasteiger partial charge is 0.239 e. The van der Waals surface area contributed by atoms with E-state index in [4.69, 9.17) is 5.73 Å². The van der Waals surface area contributed by atoms with Gasteiger partial charge in [0.15, 0.2) is 0 Å². The van der Waals surface area contributed by atoms with E-state index in [1.807, 2.05) is 35.4 Å². The normalized spacial score (nSPS) is 17.9. The number of nitrogens with zero attached hydrogens (tertiary/aromatic N) is 1. The van der Waals surface area contributed by atoms with Gasteiger partial charge in [0, 0.05) is 36.1 Å². The van der Waals surface area contributed by atoms with Gasteiger partial charge in [0.05, 0.1) is 6.04 Å². The Hall–Kier alpha value is -2.30. The van der Waals surface area contributed by atoms with Crippen LogP contribution in [0.3, 0.4) is 0 Å². The van der Waals surface area contributed by atoms with E-state index < -0.39 is 6.04 Å². The number of likely N-dealkylation sites (tertiary alicyclic amines) is 1. The number of benzene rings is 2. The molecule has 1 aliphatic heterocycles. The molecule has 2 aromatic carbocycles. The number of aromatic amines is 1. The lowest BCUT2D eigenvalue weighted by Gasteiger charge is -2.21. The summed E-state index contributed by atoms with van der Waals surface area (Å²) in [4.78, 5) is 18.0. The minimum absolute atomic E-state index is 0. The molecule has 3 N–H and O–H groups in total. The molecule has 2 heterocycles. The maximum Gasteiger partial charge on any atom is 0.239 e. The number of hydrogen-bond acceptors (Lipinski definition) is 2. The summed E-state index contributed by atoms with van der Waals surface area (Å²) < 4.78 is 0. The van der Waals surface area contributed by atoms with E-state index in [0.717, 1.165) is 36.0 Å². The van der Waals surface area contributed by atoms with Crippen molar-refractivity contribution in [2.24, 2.45) is 5.73 Å². The van der Waals surface area contributed by atoms with Crippen LogP contribution in [0.15, 0.2) is 60.8 Å². The molecule has 0 bridgehead atoms. The fourth-order valence-electron chi connectivity index (χ4n) is 3.82. The van der Waals surface area contributed by atoms with Crippen LogP contribution in [-0.4, -0.2) is 34.9 Å². The van der Waals surface area contributed by atoms with E-state index in [0.29, 0.717) is 12.3 Å². The van der Waals surface area contributed by atoms with Crippen LogP contribution in [0.1, 0.15) is 23.5 Å². The van der Waals surface area contributed by atoms with Crippen LogP contribution < -0.4 is 5.73 Å². The number of hydrogen-bond donors (Lipinski definition) is 2. The molecule has 0 radical (unpaired) electrons. The highest BCUT2D eigenvalue weighted by atomic mass is 35.5. The summed E-state index contributed by atoms with van der Waals surface area (Å²) in [6.07, 6.45) is 3.54. The van der Waals surface area contributed by atoms with Gasteiger partial charge in [0.1, 0.15) is 0 Å². The van der Waals surface area contributed by atoms with Gasteiger partial charge in [-0.15, -0.1) is 12.4 Å². The van der Waals surface area contributed by atoms with E-state index in [2.05, 4.69) is 35.3 Å². The van der Waals surface area contributed by atoms with Crippen molar-refractivity contribution >= 4 is 29.2 Å². The zero-order valence-electron chi connectivity index (χ0n) is 14.6. The Bertz CT molecular complexity index is 877. The number of H-pyrrole nitrogens is 1. The number of nitrogens with two attached hydrogens (primary N) is 1. The van der Waals surface area contributed by atoms with Gasteiger partial charge in [0.25, 0.3) is 0 Å². The number of nitrogens with one attached hydrogen (secondary N) is 1. The van der Waals surface area contributed by atoms with Gasteiger partial charge in [-0.25, -0.2) is 0 Å². The van der Waals surface area contributed by atoms with Crippen molar-refractivity contribution in [1.29, 1.82) is 0 Å². The van der Waals surface area contributed by atoms with Crippen LogP contribution >= 0.6 is 12.4 Å². The number of rotatable bonds is 4. The monoisotopic (exact) mass is 369 g/mol. The van der Waals surface area contributed by atoms with Crippen LogP contribution in [0.25, 0.3) is 10.9 Å². The number of aromatic nitrogens is 1. The molecule has 0 spiro atoms. The van der Waals surface area contributed by atoms with E-state index >= 15 is 0 Å². The third-order valence-corrected chi connectivity index (χ3v) is 5.20. The summed E-state index contributed by atoms with van der Waals surface area (Å²) in [5.41, 5.74) is 9.76. The van der Waals surface area contributed by atoms with Crippen LogP contribution in [0, 0.1) is 0 Å². The first-order valence-electron chi connectivity index (χ1n) is 8.86. The fraction of sp³-hybridized carbons (Fsp3) is 0.286. The summed E-state index contributed by atoms with van der Waals surface area (Å²) in [5, 5.41) is 1.15. The van der Waals surface area contributed by atoms with Gasteiger partial charge in [-0.05, 0) is 30.0 Å². The highest BCUT2D eigenvalue weighted by Gasteiger charge is 2.30. The molecule has 1 aromatic heterocycles. The van der Waals surface area contributed by atoms with Crippen molar-refractivity contribution < 1.29 is 4.79 Å². The van der Waals surface area contributed by atoms with Crippen molar-refractivity contribution in [2.45, 2.75) is 24.8 Å². The highest BCUT2D eigenvalue weighted by Crippen LogP contribution is 2.27. The molecule has 0 aliphatic carbocycles. The number of fused-ring (bicyclic) bond motifs is 1. The summed E-state index contributed by atoms with van der Waals surface area (Å²) in [6, 6.07) is 18.1. The van der Waals surface area contributed by atoms with Crippen LogP contribution in [0.5, 0.6) is 0 Å². The second-order valence-electron chi connectivity index (χ2n) is 6.85. The largest absolute Gasteiger partial charge is 0.361 e. The lowest BCUT2D eigenvalue weighted by atomic mass is 9.99. The minimum Gasteiger partial charge on any atom is -0.361 e. The number of para-hydroxylation sites is 1. The first-order valence-corrected chi connectivity index (χ1v) is 8.86. The Balaban J connectivity index is 0.00000196. The van der Waals surface area contributed by atoms with Crippen LogP contribution in [-0.2, 0) is 11.2 Å². The van der Waals surface area contributed by atoms with Gasteiger partial charge in [-0.2, -0.15) is 0 Å². The van der Waals surface area contributed by atoms with Crippen molar-refractivity contribution in [1.82, 2.24) is 9.88 Å². The van der Waals surface area contributed by atoms with Crippen molar-refractivity contribution in [3.8, 4) is 0 Å². The van der Waals surface area contributed by atoms with Gasteiger partial charge >= 0.3 is 0 Å². The van der Waals surface area contributed by atoms with Gasteiger partial charge in [-0.1, -0.05) is 48.5 Å². The Morgan fingerprint density at radius 1 is 1.15 bits per heavy atom. The van der Waals surface area contributed by atoms with Crippen molar-refractivity contribution in [2.75, 3.05) is 13.1 Å². The average Bonchev–Trinajstić information content (AvgIpc) is 3.30. The molecule has 1 amide bonds. The molecule has 136 valence electrons. The molecule has 4 nitrogen and oxygen atoms in total. The van der Waals surface area contributed by atoms with Gasteiger partial charge in [0.2, 0.25) is 5.91 Å². The predicted molar refractivity (Wildman–Crippen MR) is 108 cm³/mol. The quantitative estimate of drug-likeness (QED) is 0.739. The van der Waals surface area contributed by atoms with E-state index in [9.17, 15) is 4.79 Å². The first kappa shape index (κ1) is 18.5. The molecule has 26 heavy (non-hydrogen) atoms. The molecular weight excluding hydrogens is 346 g/mol. The average molecular weight is 370 g/mol. The van der Waals surface area contributed by atoms with Crippen LogP contribution in [0.4, 0.5) is 0 Å². The third kappa shape index (κ3) is 3.62. The zero-order chi connectivity index (χ0) is 17.2. The fourth-order valence-corrected chi connectivity index (χ4v) is 3.82. The minimum atomic E-state index is -0.492. The molecule has 1 aliphatic rings. The summed E-state index contributed by atoms with van der Waals surface area (Å²) in [5.74, 6) is 0.481. The van der Waals surface area contributed by atoms with Crippen molar-refractivity contribution in [3.05, 3.63) is 71.9 Å². The first-order chi connectivity index (χ1) is 12.2. The summed E-state index contributed by atoms with van der Waals surface area (Å²) in [6.45, 7) is 1.56. The molecule has 0 saturated carbocycles. The molecule has 3 aromatic rings. The van der Waals surface area contributed by atoms with E-state index in [-0.39, 0.29) is 18.3 Å². The van der Waals surface area contributed by atoms with E-state index in [1.54, 1.807) is 0 Å². The maximum absolute atomic E-state index is 12.8. The second-order valence-corrected chi connectivity index (χ2v) is 6.85. The SMILES string of the molecule is Cl.N[C@@H](Cc1c[nH]c2ccccc12)C(=O)N1CCC(c2ccccc2)C1. The standard InChI is InChI=1S/C21H23N3O.ClH/c22-19(12-17-13-23-20-9-5-4-8-18(17)20)21(25)24-11-10-16(14-24)15-6-2-1-3-7-15;/h1-9,13,16,19,23H,10-12,14,22H2;1H/t16?,19-;/m0./s1. The Labute approximate surface area is 159 Å².